The zero-order valence-electron chi connectivity index (χ0n) is 11.7. The molecule has 4 nitrogen and oxygen atoms in total. The second-order valence-corrected chi connectivity index (χ2v) is 4.47. The molecule has 0 bridgehead atoms. The van der Waals surface area contributed by atoms with E-state index in [0.717, 1.165) is 5.56 Å². The van der Waals surface area contributed by atoms with Gasteiger partial charge in [-0.2, -0.15) is 0 Å². The maximum atomic E-state index is 12.3. The summed E-state index contributed by atoms with van der Waals surface area (Å²) in [5, 5.41) is 0. The normalized spacial score (nSPS) is 10.3. The van der Waals surface area contributed by atoms with E-state index in [0.29, 0.717) is 24.2 Å². The maximum Gasteiger partial charge on any atom is 0.255 e. The molecule has 1 aromatic carbocycles. The van der Waals surface area contributed by atoms with Gasteiger partial charge in [0, 0.05) is 24.8 Å². The third kappa shape index (κ3) is 2.79. The molecule has 0 radical (unpaired) electrons. The van der Waals surface area contributed by atoms with Gasteiger partial charge in [-0.05, 0) is 25.5 Å². The summed E-state index contributed by atoms with van der Waals surface area (Å²) in [7, 11) is 0. The average molecular weight is 270 g/mol. The number of nitrogens with one attached hydrogen (secondary N) is 1. The molecule has 0 atom stereocenters. The van der Waals surface area contributed by atoms with Gasteiger partial charge in [-0.15, -0.1) is 0 Å². The first-order valence-corrected chi connectivity index (χ1v) is 6.74. The molecule has 1 heterocycles. The lowest BCUT2D eigenvalue weighted by Gasteiger charge is -2.18. The van der Waals surface area contributed by atoms with Gasteiger partial charge in [-0.1, -0.05) is 30.3 Å². The van der Waals surface area contributed by atoms with E-state index in [1.807, 2.05) is 44.2 Å². The molecule has 1 N–H and O–H groups in total. The molecule has 1 amide bonds. The van der Waals surface area contributed by atoms with Crippen molar-refractivity contribution in [1.29, 1.82) is 0 Å². The van der Waals surface area contributed by atoms with Crippen molar-refractivity contribution in [2.75, 3.05) is 13.1 Å². The Morgan fingerprint density at radius 3 is 2.40 bits per heavy atom. The first-order chi connectivity index (χ1) is 9.67. The highest BCUT2D eigenvalue weighted by molar-refractivity contribution is 5.95. The molecule has 0 aliphatic heterocycles. The third-order valence-corrected chi connectivity index (χ3v) is 3.29. The average Bonchev–Trinajstić information content (AvgIpc) is 2.49. The number of carbonyl (C=O) groups excluding carboxylic acids is 1. The lowest BCUT2D eigenvalue weighted by molar-refractivity contribution is 0.0772. The topological polar surface area (TPSA) is 53.2 Å². The summed E-state index contributed by atoms with van der Waals surface area (Å²) >= 11 is 0. The summed E-state index contributed by atoms with van der Waals surface area (Å²) in [5.74, 6) is -0.0663. The molecule has 1 aromatic heterocycles. The van der Waals surface area contributed by atoms with Crippen LogP contribution in [0.1, 0.15) is 24.2 Å². The van der Waals surface area contributed by atoms with Crippen LogP contribution in [-0.2, 0) is 0 Å². The van der Waals surface area contributed by atoms with Gasteiger partial charge in [0.25, 0.3) is 11.5 Å². The van der Waals surface area contributed by atoms with Crippen LogP contribution >= 0.6 is 0 Å². The highest BCUT2D eigenvalue weighted by atomic mass is 16.2. The van der Waals surface area contributed by atoms with Crippen molar-refractivity contribution in [2.24, 2.45) is 0 Å². The largest absolute Gasteiger partial charge is 0.339 e. The first kappa shape index (κ1) is 14.1. The van der Waals surface area contributed by atoms with Gasteiger partial charge in [0.1, 0.15) is 0 Å². The molecule has 0 saturated heterocycles. The minimum absolute atomic E-state index is 0.0663. The number of aromatic amines is 1. The summed E-state index contributed by atoms with van der Waals surface area (Å²) in [6, 6.07) is 11.0. The molecule has 2 aromatic rings. The molecule has 0 aliphatic carbocycles. The Morgan fingerprint density at radius 2 is 1.80 bits per heavy atom. The van der Waals surface area contributed by atoms with Crippen LogP contribution in [0, 0.1) is 0 Å². The van der Waals surface area contributed by atoms with E-state index in [1.165, 1.54) is 6.20 Å². The van der Waals surface area contributed by atoms with E-state index >= 15 is 0 Å². The van der Waals surface area contributed by atoms with Crippen molar-refractivity contribution in [1.82, 2.24) is 9.88 Å². The van der Waals surface area contributed by atoms with Gasteiger partial charge in [0.15, 0.2) is 0 Å². The van der Waals surface area contributed by atoms with Gasteiger partial charge >= 0.3 is 0 Å². The van der Waals surface area contributed by atoms with Gasteiger partial charge in [-0.3, -0.25) is 9.59 Å². The second-order valence-electron chi connectivity index (χ2n) is 4.47. The number of carbonyl (C=O) groups is 1. The monoisotopic (exact) mass is 270 g/mol. The Labute approximate surface area is 118 Å². The summed E-state index contributed by atoms with van der Waals surface area (Å²) in [5.41, 5.74) is 1.64. The van der Waals surface area contributed by atoms with Gasteiger partial charge in [0.2, 0.25) is 0 Å². The van der Waals surface area contributed by atoms with E-state index in [4.69, 9.17) is 0 Å². The number of hydrogen-bond acceptors (Lipinski definition) is 2. The zero-order valence-corrected chi connectivity index (χ0v) is 11.7. The molecule has 0 spiro atoms. The molecule has 104 valence electrons. The second kappa shape index (κ2) is 6.19. The lowest BCUT2D eigenvalue weighted by Crippen LogP contribution is -2.31. The van der Waals surface area contributed by atoms with E-state index in [9.17, 15) is 9.59 Å². The van der Waals surface area contributed by atoms with Gasteiger partial charge in [0.05, 0.1) is 5.56 Å². The number of hydrogen-bond donors (Lipinski definition) is 1. The zero-order chi connectivity index (χ0) is 14.5. The number of H-pyrrole nitrogens is 1. The molecule has 20 heavy (non-hydrogen) atoms. The van der Waals surface area contributed by atoms with Crippen LogP contribution in [0.3, 0.4) is 0 Å². The molecule has 0 aliphatic rings. The highest BCUT2D eigenvalue weighted by Crippen LogP contribution is 2.16. The fourth-order valence-corrected chi connectivity index (χ4v) is 2.13. The number of amides is 1. The predicted octanol–water partition coefficient (Wildman–Crippen LogP) is 2.52. The SMILES string of the molecule is CCN(CC)C(=O)c1c[nH]c(=O)c(-c2ccccc2)c1. The Hall–Kier alpha value is -2.36. The van der Waals surface area contributed by atoms with Crippen LogP contribution in [0.2, 0.25) is 0 Å². The quantitative estimate of drug-likeness (QED) is 0.928. The van der Waals surface area contributed by atoms with Crippen molar-refractivity contribution in [2.45, 2.75) is 13.8 Å². The summed E-state index contributed by atoms with van der Waals surface area (Å²) < 4.78 is 0. The van der Waals surface area contributed by atoms with Gasteiger partial charge < -0.3 is 9.88 Å². The number of rotatable bonds is 4. The maximum absolute atomic E-state index is 12.3. The standard InChI is InChI=1S/C16H18N2O2/c1-3-18(4-2)16(20)13-10-14(15(19)17-11-13)12-8-6-5-7-9-12/h5-11H,3-4H2,1-2H3,(H,17,19). The number of benzene rings is 1. The van der Waals surface area contributed by atoms with Crippen LogP contribution in [0.4, 0.5) is 0 Å². The molecule has 2 rings (SSSR count). The number of aromatic nitrogens is 1. The minimum atomic E-state index is -0.188. The van der Waals surface area contributed by atoms with Crippen molar-refractivity contribution in [3.05, 3.63) is 58.5 Å². The third-order valence-electron chi connectivity index (χ3n) is 3.29. The fraction of sp³-hybridized carbons (Fsp3) is 0.250. The smallest absolute Gasteiger partial charge is 0.255 e. The van der Waals surface area contributed by atoms with Crippen LogP contribution in [0.25, 0.3) is 11.1 Å². The Balaban J connectivity index is 2.44. The molecule has 0 fully saturated rings. The predicted molar refractivity (Wildman–Crippen MR) is 79.8 cm³/mol. The summed E-state index contributed by atoms with van der Waals surface area (Å²) in [4.78, 5) is 28.6. The van der Waals surface area contributed by atoms with Crippen molar-refractivity contribution >= 4 is 5.91 Å². The van der Waals surface area contributed by atoms with E-state index < -0.39 is 0 Å². The van der Waals surface area contributed by atoms with Crippen LogP contribution in [0.5, 0.6) is 0 Å². The number of pyridine rings is 1. The van der Waals surface area contributed by atoms with Crippen LogP contribution in [-0.4, -0.2) is 28.9 Å². The van der Waals surface area contributed by atoms with Crippen molar-refractivity contribution < 1.29 is 4.79 Å². The molecule has 4 heteroatoms. The van der Waals surface area contributed by atoms with E-state index in [2.05, 4.69) is 4.98 Å². The Kier molecular flexibility index (Phi) is 4.35. The summed E-state index contributed by atoms with van der Waals surface area (Å²) in [6.07, 6.45) is 1.48. The Bertz CT molecular complexity index is 643. The van der Waals surface area contributed by atoms with Crippen LogP contribution in [0.15, 0.2) is 47.4 Å². The fourth-order valence-electron chi connectivity index (χ4n) is 2.13. The van der Waals surface area contributed by atoms with Crippen molar-refractivity contribution in [3.8, 4) is 11.1 Å². The summed E-state index contributed by atoms with van der Waals surface area (Å²) in [6.45, 7) is 5.17. The molecule has 0 unspecified atom stereocenters. The molecule has 0 saturated carbocycles. The first-order valence-electron chi connectivity index (χ1n) is 6.74. The minimum Gasteiger partial charge on any atom is -0.339 e. The Morgan fingerprint density at radius 1 is 1.15 bits per heavy atom. The van der Waals surface area contributed by atoms with Crippen LogP contribution < -0.4 is 5.56 Å². The van der Waals surface area contributed by atoms with Gasteiger partial charge in [-0.25, -0.2) is 0 Å². The molecular weight excluding hydrogens is 252 g/mol. The van der Waals surface area contributed by atoms with E-state index in [1.54, 1.807) is 11.0 Å². The lowest BCUT2D eigenvalue weighted by atomic mass is 10.1. The highest BCUT2D eigenvalue weighted by Gasteiger charge is 2.14. The van der Waals surface area contributed by atoms with Crippen molar-refractivity contribution in [3.63, 3.8) is 0 Å². The van der Waals surface area contributed by atoms with E-state index in [-0.39, 0.29) is 11.5 Å². The number of nitrogens with zero attached hydrogens (tertiary/aromatic N) is 1. The molecular formula is C16H18N2O2.